The number of hydrogen-bond donors (Lipinski definition) is 1. The normalized spacial score (nSPS) is 17.9. The first kappa shape index (κ1) is 15.7. The van der Waals surface area contributed by atoms with Crippen molar-refractivity contribution in [2.45, 2.75) is 38.6 Å². The third-order valence-electron chi connectivity index (χ3n) is 4.12. The quantitative estimate of drug-likeness (QED) is 0.827. The van der Waals surface area contributed by atoms with Crippen LogP contribution in [0.3, 0.4) is 0 Å². The summed E-state index contributed by atoms with van der Waals surface area (Å²) >= 11 is 2.11. The van der Waals surface area contributed by atoms with Crippen LogP contribution in [0.25, 0.3) is 0 Å². The monoisotopic (exact) mass is 293 g/mol. The van der Waals surface area contributed by atoms with Crippen LogP contribution in [0.5, 0.6) is 5.75 Å². The van der Waals surface area contributed by atoms with Crippen LogP contribution in [0.4, 0.5) is 0 Å². The summed E-state index contributed by atoms with van der Waals surface area (Å²) in [5.74, 6) is 4.55. The van der Waals surface area contributed by atoms with Crippen molar-refractivity contribution in [3.8, 4) is 5.75 Å². The molecule has 0 radical (unpaired) electrons. The Morgan fingerprint density at radius 3 is 2.60 bits per heavy atom. The zero-order valence-corrected chi connectivity index (χ0v) is 13.5. The lowest BCUT2D eigenvalue weighted by molar-refractivity contribution is 0.406. The number of nitrogens with one attached hydrogen (secondary N) is 1. The van der Waals surface area contributed by atoms with Crippen LogP contribution in [0.15, 0.2) is 24.3 Å². The summed E-state index contributed by atoms with van der Waals surface area (Å²) in [7, 11) is 1.71. The van der Waals surface area contributed by atoms with Gasteiger partial charge in [0.2, 0.25) is 0 Å². The number of methoxy groups -OCH3 is 1. The number of aryl methyl sites for hydroxylation is 1. The molecule has 1 saturated heterocycles. The molecule has 1 fully saturated rings. The first-order chi connectivity index (χ1) is 9.78. The first-order valence-electron chi connectivity index (χ1n) is 7.72. The second kappa shape index (κ2) is 8.58. The maximum Gasteiger partial charge on any atom is 0.118 e. The van der Waals surface area contributed by atoms with Gasteiger partial charge in [-0.05, 0) is 74.3 Å². The van der Waals surface area contributed by atoms with E-state index in [4.69, 9.17) is 4.74 Å². The van der Waals surface area contributed by atoms with Crippen molar-refractivity contribution in [1.82, 2.24) is 5.32 Å². The molecule has 0 amide bonds. The molecule has 0 bridgehead atoms. The van der Waals surface area contributed by atoms with Gasteiger partial charge in [-0.2, -0.15) is 11.8 Å². The fourth-order valence-corrected chi connectivity index (χ4v) is 3.80. The molecule has 1 heterocycles. The van der Waals surface area contributed by atoms with Crippen molar-refractivity contribution in [3.05, 3.63) is 29.8 Å². The van der Waals surface area contributed by atoms with Crippen LogP contribution >= 0.6 is 11.8 Å². The van der Waals surface area contributed by atoms with Gasteiger partial charge in [-0.15, -0.1) is 0 Å². The SMILES string of the molecule is COc1ccc(CCC(C)NCC2CCSCC2)cc1. The van der Waals surface area contributed by atoms with E-state index in [1.165, 1.54) is 42.9 Å². The summed E-state index contributed by atoms with van der Waals surface area (Å²) in [4.78, 5) is 0. The summed E-state index contributed by atoms with van der Waals surface area (Å²) in [6.45, 7) is 3.51. The Morgan fingerprint density at radius 1 is 1.25 bits per heavy atom. The molecule has 2 rings (SSSR count). The maximum absolute atomic E-state index is 5.19. The standard InChI is InChI=1S/C17H27NOS/c1-14(18-13-16-9-11-20-12-10-16)3-4-15-5-7-17(19-2)8-6-15/h5-8,14,16,18H,3-4,9-13H2,1-2H3. The van der Waals surface area contributed by atoms with Gasteiger partial charge in [0, 0.05) is 6.04 Å². The van der Waals surface area contributed by atoms with Crippen molar-refractivity contribution in [2.75, 3.05) is 25.2 Å². The zero-order valence-electron chi connectivity index (χ0n) is 12.7. The van der Waals surface area contributed by atoms with Crippen molar-refractivity contribution in [3.63, 3.8) is 0 Å². The average molecular weight is 293 g/mol. The maximum atomic E-state index is 5.19. The molecule has 0 aliphatic carbocycles. The highest BCUT2D eigenvalue weighted by atomic mass is 32.2. The number of benzene rings is 1. The molecule has 2 nitrogen and oxygen atoms in total. The fourth-order valence-electron chi connectivity index (χ4n) is 2.60. The average Bonchev–Trinajstić information content (AvgIpc) is 2.52. The predicted octanol–water partition coefficient (Wildman–Crippen LogP) is 3.75. The van der Waals surface area contributed by atoms with Crippen molar-refractivity contribution in [1.29, 1.82) is 0 Å². The van der Waals surface area contributed by atoms with Crippen LogP contribution < -0.4 is 10.1 Å². The molecule has 0 saturated carbocycles. The molecular formula is C17H27NOS. The molecule has 0 spiro atoms. The molecule has 1 unspecified atom stereocenters. The highest BCUT2D eigenvalue weighted by Crippen LogP contribution is 2.22. The van der Waals surface area contributed by atoms with Gasteiger partial charge in [0.25, 0.3) is 0 Å². The van der Waals surface area contributed by atoms with E-state index >= 15 is 0 Å². The summed E-state index contributed by atoms with van der Waals surface area (Å²) in [5.41, 5.74) is 1.40. The van der Waals surface area contributed by atoms with E-state index in [2.05, 4.69) is 36.1 Å². The molecule has 3 heteroatoms. The van der Waals surface area contributed by atoms with E-state index in [0.29, 0.717) is 6.04 Å². The number of rotatable bonds is 7. The van der Waals surface area contributed by atoms with Gasteiger partial charge in [-0.1, -0.05) is 12.1 Å². The largest absolute Gasteiger partial charge is 0.497 e. The second-order valence-corrected chi connectivity index (χ2v) is 6.98. The molecule has 1 atom stereocenters. The zero-order chi connectivity index (χ0) is 14.2. The van der Waals surface area contributed by atoms with E-state index in [1.54, 1.807) is 7.11 Å². The Balaban J connectivity index is 1.64. The third kappa shape index (κ3) is 5.37. The molecule has 1 aromatic carbocycles. The van der Waals surface area contributed by atoms with Crippen molar-refractivity contribution >= 4 is 11.8 Å². The van der Waals surface area contributed by atoms with Gasteiger partial charge >= 0.3 is 0 Å². The lowest BCUT2D eigenvalue weighted by Gasteiger charge is -2.24. The van der Waals surface area contributed by atoms with Gasteiger partial charge in [-0.3, -0.25) is 0 Å². The number of thioether (sulfide) groups is 1. The van der Waals surface area contributed by atoms with E-state index in [-0.39, 0.29) is 0 Å². The van der Waals surface area contributed by atoms with Crippen LogP contribution in [-0.2, 0) is 6.42 Å². The second-order valence-electron chi connectivity index (χ2n) is 5.75. The van der Waals surface area contributed by atoms with Gasteiger partial charge in [0.05, 0.1) is 7.11 Å². The van der Waals surface area contributed by atoms with Gasteiger partial charge < -0.3 is 10.1 Å². The summed E-state index contributed by atoms with van der Waals surface area (Å²) in [6, 6.07) is 9.04. The molecule has 1 aliphatic heterocycles. The topological polar surface area (TPSA) is 21.3 Å². The molecule has 1 N–H and O–H groups in total. The Kier molecular flexibility index (Phi) is 6.74. The highest BCUT2D eigenvalue weighted by Gasteiger charge is 2.14. The minimum absolute atomic E-state index is 0.603. The van der Waals surface area contributed by atoms with Crippen LogP contribution in [-0.4, -0.2) is 31.2 Å². The minimum Gasteiger partial charge on any atom is -0.497 e. The Labute approximate surface area is 127 Å². The Hall–Kier alpha value is -0.670. The molecule has 1 aromatic rings. The van der Waals surface area contributed by atoms with E-state index in [9.17, 15) is 0 Å². The van der Waals surface area contributed by atoms with E-state index in [1.807, 2.05) is 12.1 Å². The summed E-state index contributed by atoms with van der Waals surface area (Å²) < 4.78 is 5.19. The van der Waals surface area contributed by atoms with Gasteiger partial charge in [0.15, 0.2) is 0 Å². The van der Waals surface area contributed by atoms with Crippen molar-refractivity contribution < 1.29 is 4.74 Å². The van der Waals surface area contributed by atoms with Gasteiger partial charge in [-0.25, -0.2) is 0 Å². The van der Waals surface area contributed by atoms with E-state index in [0.717, 1.165) is 18.1 Å². The Morgan fingerprint density at radius 2 is 1.95 bits per heavy atom. The Bertz CT molecular complexity index is 373. The summed E-state index contributed by atoms with van der Waals surface area (Å²) in [5, 5.41) is 3.71. The van der Waals surface area contributed by atoms with Crippen LogP contribution in [0, 0.1) is 5.92 Å². The molecular weight excluding hydrogens is 266 g/mol. The van der Waals surface area contributed by atoms with Crippen molar-refractivity contribution in [2.24, 2.45) is 5.92 Å². The number of ether oxygens (including phenoxy) is 1. The molecule has 112 valence electrons. The molecule has 20 heavy (non-hydrogen) atoms. The highest BCUT2D eigenvalue weighted by molar-refractivity contribution is 7.99. The fraction of sp³-hybridized carbons (Fsp3) is 0.647. The molecule has 0 aromatic heterocycles. The predicted molar refractivity (Wildman–Crippen MR) is 88.8 cm³/mol. The van der Waals surface area contributed by atoms with E-state index < -0.39 is 0 Å². The third-order valence-corrected chi connectivity index (χ3v) is 5.17. The lowest BCUT2D eigenvalue weighted by Crippen LogP contribution is -2.32. The number of hydrogen-bond acceptors (Lipinski definition) is 3. The molecule has 1 aliphatic rings. The summed E-state index contributed by atoms with van der Waals surface area (Å²) in [6.07, 6.45) is 5.12. The minimum atomic E-state index is 0.603. The van der Waals surface area contributed by atoms with Gasteiger partial charge in [0.1, 0.15) is 5.75 Å². The smallest absolute Gasteiger partial charge is 0.118 e. The first-order valence-corrected chi connectivity index (χ1v) is 8.87. The lowest BCUT2D eigenvalue weighted by atomic mass is 10.0. The van der Waals surface area contributed by atoms with Crippen LogP contribution in [0.2, 0.25) is 0 Å². The van der Waals surface area contributed by atoms with Crippen LogP contribution in [0.1, 0.15) is 31.7 Å².